The molecule has 0 amide bonds. The molecule has 1 atom stereocenters. The fourth-order valence-electron chi connectivity index (χ4n) is 2.59. The number of aryl methyl sites for hydroxylation is 1. The molecule has 0 spiro atoms. The Balaban J connectivity index is 2.01. The molecule has 1 N–H and O–H groups in total. The number of fused-ring (bicyclic) bond motifs is 3. The molecule has 0 bridgehead atoms. The minimum atomic E-state index is -0.0264. The van der Waals surface area contributed by atoms with E-state index >= 15 is 0 Å². The van der Waals surface area contributed by atoms with Crippen LogP contribution in [0.4, 0.5) is 0 Å². The number of nitrogens with zero attached hydrogens (tertiary/aromatic N) is 2. The van der Waals surface area contributed by atoms with Gasteiger partial charge in [-0.15, -0.1) is 11.3 Å². The lowest BCUT2D eigenvalue weighted by Crippen LogP contribution is -2.13. The van der Waals surface area contributed by atoms with E-state index in [9.17, 15) is 4.79 Å². The third kappa shape index (κ3) is 2.48. The average molecular weight is 305 g/mol. The van der Waals surface area contributed by atoms with Crippen LogP contribution in [0.5, 0.6) is 0 Å². The summed E-state index contributed by atoms with van der Waals surface area (Å²) in [5.41, 5.74) is 1.19. The molecule has 1 aliphatic rings. The molecule has 6 heteroatoms. The summed E-state index contributed by atoms with van der Waals surface area (Å²) in [6.45, 7) is 2.26. The van der Waals surface area contributed by atoms with Gasteiger partial charge in [0, 0.05) is 17.1 Å². The predicted molar refractivity (Wildman–Crippen MR) is 82.4 cm³/mol. The molecule has 1 aliphatic carbocycles. The van der Waals surface area contributed by atoms with Gasteiger partial charge in [-0.25, -0.2) is 4.98 Å². The van der Waals surface area contributed by atoms with Crippen molar-refractivity contribution >= 4 is 33.3 Å². The van der Waals surface area contributed by atoms with Crippen molar-refractivity contribution in [2.75, 3.05) is 5.75 Å². The lowest BCUT2D eigenvalue weighted by Gasteiger charge is -2.17. The fraction of sp³-hybridized carbons (Fsp3) is 0.500. The van der Waals surface area contributed by atoms with Gasteiger partial charge in [0.1, 0.15) is 4.83 Å². The molecule has 3 rings (SSSR count). The maximum Gasteiger partial charge on any atom is 0.260 e. The summed E-state index contributed by atoms with van der Waals surface area (Å²) in [4.78, 5) is 21.9. The first-order chi connectivity index (χ1) is 9.69. The second-order valence-electron chi connectivity index (χ2n) is 5.16. The van der Waals surface area contributed by atoms with Gasteiger partial charge in [0.25, 0.3) is 5.56 Å². The Bertz CT molecular complexity index is 741. The Labute approximate surface area is 125 Å². The number of nitrogens with one attached hydrogen (secondary N) is 1. The van der Waals surface area contributed by atoms with Crippen LogP contribution in [0.25, 0.3) is 10.2 Å². The Morgan fingerprint density at radius 3 is 3.25 bits per heavy atom. The minimum Gasteiger partial charge on any atom is -0.301 e. The Morgan fingerprint density at radius 2 is 2.45 bits per heavy atom. The average Bonchev–Trinajstić information content (AvgIpc) is 2.76. The zero-order valence-corrected chi connectivity index (χ0v) is 12.9. The van der Waals surface area contributed by atoms with Crippen molar-refractivity contribution in [3.63, 3.8) is 0 Å². The van der Waals surface area contributed by atoms with E-state index in [1.54, 1.807) is 11.3 Å². The Morgan fingerprint density at radius 1 is 1.60 bits per heavy atom. The summed E-state index contributed by atoms with van der Waals surface area (Å²) in [5, 5.41) is 9.97. The first kappa shape index (κ1) is 13.7. The molecule has 20 heavy (non-hydrogen) atoms. The quantitative estimate of drug-likeness (QED) is 0.537. The molecular weight excluding hydrogens is 290 g/mol. The highest BCUT2D eigenvalue weighted by Crippen LogP contribution is 2.36. The zero-order chi connectivity index (χ0) is 14.1. The predicted octanol–water partition coefficient (Wildman–Crippen LogP) is 3.12. The zero-order valence-electron chi connectivity index (χ0n) is 11.2. The van der Waals surface area contributed by atoms with Crippen molar-refractivity contribution in [1.29, 1.82) is 5.26 Å². The van der Waals surface area contributed by atoms with Crippen LogP contribution >= 0.6 is 23.1 Å². The SMILES string of the molecule is CC1CCc2c(sc3nc(SCCC#N)[nH]c(=O)c23)C1. The first-order valence-electron chi connectivity index (χ1n) is 6.73. The number of H-pyrrole nitrogens is 1. The van der Waals surface area contributed by atoms with Crippen molar-refractivity contribution in [3.05, 3.63) is 20.8 Å². The number of aromatic nitrogens is 2. The van der Waals surface area contributed by atoms with Crippen molar-refractivity contribution < 1.29 is 0 Å². The molecule has 0 saturated heterocycles. The van der Waals surface area contributed by atoms with Crippen LogP contribution < -0.4 is 5.56 Å². The lowest BCUT2D eigenvalue weighted by molar-refractivity contribution is 0.509. The van der Waals surface area contributed by atoms with Crippen molar-refractivity contribution in [3.8, 4) is 6.07 Å². The van der Waals surface area contributed by atoms with Crippen LogP contribution in [0.1, 0.15) is 30.2 Å². The molecule has 0 saturated carbocycles. The lowest BCUT2D eigenvalue weighted by atomic mass is 9.89. The number of thioether (sulfide) groups is 1. The highest BCUT2D eigenvalue weighted by molar-refractivity contribution is 7.99. The molecular formula is C14H15N3OS2. The molecule has 0 radical (unpaired) electrons. The summed E-state index contributed by atoms with van der Waals surface area (Å²) in [6, 6.07) is 2.10. The second-order valence-corrected chi connectivity index (χ2v) is 7.33. The van der Waals surface area contributed by atoms with E-state index in [1.807, 2.05) is 0 Å². The number of hydrogen-bond donors (Lipinski definition) is 1. The highest BCUT2D eigenvalue weighted by atomic mass is 32.2. The van der Waals surface area contributed by atoms with E-state index < -0.39 is 0 Å². The summed E-state index contributed by atoms with van der Waals surface area (Å²) < 4.78 is 0. The topological polar surface area (TPSA) is 69.5 Å². The smallest absolute Gasteiger partial charge is 0.260 e. The van der Waals surface area contributed by atoms with Crippen LogP contribution in [0.3, 0.4) is 0 Å². The van der Waals surface area contributed by atoms with E-state index in [-0.39, 0.29) is 5.56 Å². The van der Waals surface area contributed by atoms with E-state index in [1.165, 1.54) is 22.2 Å². The van der Waals surface area contributed by atoms with Gasteiger partial charge >= 0.3 is 0 Å². The fourth-order valence-corrected chi connectivity index (χ4v) is 4.74. The van der Waals surface area contributed by atoms with Gasteiger partial charge < -0.3 is 4.98 Å². The summed E-state index contributed by atoms with van der Waals surface area (Å²) in [7, 11) is 0. The third-order valence-electron chi connectivity index (χ3n) is 3.60. The summed E-state index contributed by atoms with van der Waals surface area (Å²) in [6.07, 6.45) is 3.66. The van der Waals surface area contributed by atoms with Gasteiger partial charge in [0.2, 0.25) is 0 Å². The summed E-state index contributed by atoms with van der Waals surface area (Å²) in [5.74, 6) is 1.35. The van der Waals surface area contributed by atoms with Crippen molar-refractivity contribution in [2.45, 2.75) is 37.8 Å². The van der Waals surface area contributed by atoms with Gasteiger partial charge in [-0.2, -0.15) is 5.26 Å². The molecule has 2 aromatic heterocycles. The molecule has 2 heterocycles. The van der Waals surface area contributed by atoms with Crippen LogP contribution in [0.2, 0.25) is 0 Å². The van der Waals surface area contributed by atoms with Gasteiger partial charge in [-0.3, -0.25) is 4.79 Å². The molecule has 2 aromatic rings. The van der Waals surface area contributed by atoms with Crippen LogP contribution in [-0.4, -0.2) is 15.7 Å². The maximum absolute atomic E-state index is 12.3. The normalized spacial score (nSPS) is 17.9. The van der Waals surface area contributed by atoms with Gasteiger partial charge in [0.05, 0.1) is 11.5 Å². The molecule has 0 aliphatic heterocycles. The first-order valence-corrected chi connectivity index (χ1v) is 8.53. The standard InChI is InChI=1S/C14H15N3OS2/c1-8-3-4-9-10(7-8)20-13-11(9)12(18)16-14(17-13)19-6-2-5-15/h8H,2-4,6-7H2,1H3,(H,16,17,18). The van der Waals surface area contributed by atoms with E-state index in [0.717, 1.165) is 29.5 Å². The van der Waals surface area contributed by atoms with Crippen LogP contribution in [0.15, 0.2) is 9.95 Å². The Kier molecular flexibility index (Phi) is 3.81. The van der Waals surface area contributed by atoms with E-state index in [0.29, 0.717) is 23.2 Å². The Hall–Kier alpha value is -1.32. The largest absolute Gasteiger partial charge is 0.301 e. The van der Waals surface area contributed by atoms with E-state index in [4.69, 9.17) is 5.26 Å². The third-order valence-corrected chi connectivity index (χ3v) is 5.62. The maximum atomic E-state index is 12.3. The van der Waals surface area contributed by atoms with Gasteiger partial charge in [-0.05, 0) is 30.7 Å². The van der Waals surface area contributed by atoms with Crippen LogP contribution in [-0.2, 0) is 12.8 Å². The van der Waals surface area contributed by atoms with Gasteiger partial charge in [-0.1, -0.05) is 18.7 Å². The number of hydrogen-bond acceptors (Lipinski definition) is 5. The van der Waals surface area contributed by atoms with E-state index in [2.05, 4.69) is 23.0 Å². The minimum absolute atomic E-state index is 0.0264. The second kappa shape index (κ2) is 5.58. The molecule has 1 unspecified atom stereocenters. The highest BCUT2D eigenvalue weighted by Gasteiger charge is 2.22. The molecule has 4 nitrogen and oxygen atoms in total. The molecule has 0 aromatic carbocycles. The van der Waals surface area contributed by atoms with Crippen molar-refractivity contribution in [2.24, 2.45) is 5.92 Å². The number of rotatable bonds is 3. The molecule has 0 fully saturated rings. The van der Waals surface area contributed by atoms with Crippen molar-refractivity contribution in [1.82, 2.24) is 9.97 Å². The monoisotopic (exact) mass is 305 g/mol. The number of nitriles is 1. The van der Waals surface area contributed by atoms with Crippen LogP contribution in [0, 0.1) is 17.2 Å². The van der Waals surface area contributed by atoms with Gasteiger partial charge in [0.15, 0.2) is 5.16 Å². The molecule has 104 valence electrons. The summed E-state index contributed by atoms with van der Waals surface area (Å²) >= 11 is 3.10. The number of thiophene rings is 1. The number of aromatic amines is 1.